The van der Waals surface area contributed by atoms with Crippen molar-refractivity contribution in [2.75, 3.05) is 47.5 Å². The molecule has 0 aromatic rings. The molecule has 9 nitrogen and oxygen atoms in total. The Morgan fingerprint density at radius 3 is 1.02 bits per heavy atom. The number of carbonyl (C=O) groups is 2. The first kappa shape index (κ1) is 81.5. The number of phosphoric ester groups is 1. The van der Waals surface area contributed by atoms with Crippen molar-refractivity contribution in [3.8, 4) is 0 Å². The fraction of sp³-hybridized carbons (Fsp3) is 0.811. The third kappa shape index (κ3) is 68.6. The Morgan fingerprint density at radius 2 is 0.679 bits per heavy atom. The molecule has 84 heavy (non-hydrogen) atoms. The second kappa shape index (κ2) is 64.9. The zero-order valence-electron chi connectivity index (χ0n) is 55.8. The summed E-state index contributed by atoms with van der Waals surface area (Å²) in [7, 11) is 1.18. The maximum Gasteiger partial charge on any atom is 0.306 e. The van der Waals surface area contributed by atoms with Crippen molar-refractivity contribution in [2.24, 2.45) is 0 Å². The third-order valence-electron chi connectivity index (χ3n) is 15.7. The highest BCUT2D eigenvalue weighted by atomic mass is 31.2. The Bertz CT molecular complexity index is 1650. The fourth-order valence-corrected chi connectivity index (χ4v) is 11.0. The molecule has 0 amide bonds. The monoisotopic (exact) mass is 1200 g/mol. The molecule has 0 bridgehead atoms. The van der Waals surface area contributed by atoms with Crippen LogP contribution in [0.5, 0.6) is 0 Å². The molecular weight excluding hydrogens is 1060 g/mol. The lowest BCUT2D eigenvalue weighted by Crippen LogP contribution is -2.37. The van der Waals surface area contributed by atoms with E-state index in [2.05, 4.69) is 86.8 Å². The van der Waals surface area contributed by atoms with E-state index in [1.165, 1.54) is 231 Å². The molecule has 0 N–H and O–H groups in total. The van der Waals surface area contributed by atoms with Gasteiger partial charge in [0.25, 0.3) is 7.82 Å². The van der Waals surface area contributed by atoms with Crippen LogP contribution in [0.3, 0.4) is 0 Å². The number of quaternary nitrogens is 1. The van der Waals surface area contributed by atoms with Crippen molar-refractivity contribution < 1.29 is 42.1 Å². The molecule has 0 rings (SSSR count). The first-order valence-electron chi connectivity index (χ1n) is 35.6. The second-order valence-electron chi connectivity index (χ2n) is 25.2. The number of esters is 2. The van der Waals surface area contributed by atoms with Gasteiger partial charge >= 0.3 is 11.9 Å². The van der Waals surface area contributed by atoms with Crippen LogP contribution in [0.15, 0.2) is 72.9 Å². The third-order valence-corrected chi connectivity index (χ3v) is 16.7. The van der Waals surface area contributed by atoms with Gasteiger partial charge in [0, 0.05) is 12.8 Å². The van der Waals surface area contributed by atoms with Gasteiger partial charge in [-0.2, -0.15) is 0 Å². The predicted octanol–water partition coefficient (Wildman–Crippen LogP) is 22.5. The minimum absolute atomic E-state index is 0.0302. The van der Waals surface area contributed by atoms with E-state index in [1.807, 2.05) is 21.1 Å². The van der Waals surface area contributed by atoms with E-state index in [0.717, 1.165) is 70.6 Å². The summed E-state index contributed by atoms with van der Waals surface area (Å²) >= 11 is 0. The first-order chi connectivity index (χ1) is 41.0. The molecule has 10 heteroatoms. The maximum atomic E-state index is 12.9. The molecule has 2 atom stereocenters. The van der Waals surface area contributed by atoms with E-state index in [1.54, 1.807) is 0 Å². The second-order valence-corrected chi connectivity index (χ2v) is 26.6. The van der Waals surface area contributed by atoms with E-state index < -0.39 is 26.5 Å². The average Bonchev–Trinajstić information content (AvgIpc) is 3.61. The summed E-state index contributed by atoms with van der Waals surface area (Å²) in [6.45, 7) is 4.18. The summed E-state index contributed by atoms with van der Waals surface area (Å²) in [4.78, 5) is 38.1. The molecule has 0 spiro atoms. The maximum absolute atomic E-state index is 12.9. The van der Waals surface area contributed by atoms with Crippen LogP contribution in [-0.4, -0.2) is 70.0 Å². The van der Waals surface area contributed by atoms with E-state index in [0.29, 0.717) is 17.4 Å². The highest BCUT2D eigenvalue weighted by Gasteiger charge is 2.22. The van der Waals surface area contributed by atoms with Crippen molar-refractivity contribution in [1.29, 1.82) is 0 Å². The number of ether oxygens (including phenoxy) is 2. The minimum atomic E-state index is -4.64. The van der Waals surface area contributed by atoms with Crippen LogP contribution < -0.4 is 4.89 Å². The van der Waals surface area contributed by atoms with E-state index in [-0.39, 0.29) is 32.0 Å². The number of nitrogens with zero attached hydrogens (tertiary/aromatic N) is 1. The average molecular weight is 1200 g/mol. The van der Waals surface area contributed by atoms with Gasteiger partial charge in [0.2, 0.25) is 0 Å². The van der Waals surface area contributed by atoms with Gasteiger partial charge in [-0.05, 0) is 83.5 Å². The zero-order chi connectivity index (χ0) is 61.2. The molecule has 0 fully saturated rings. The molecule has 0 aliphatic carbocycles. The summed E-state index contributed by atoms with van der Waals surface area (Å²) in [5.41, 5.74) is 0. The zero-order valence-corrected chi connectivity index (χ0v) is 56.7. The van der Waals surface area contributed by atoms with Crippen LogP contribution in [0.25, 0.3) is 0 Å². The number of allylic oxidation sites excluding steroid dienone is 12. The summed E-state index contributed by atoms with van der Waals surface area (Å²) in [5, 5.41) is 0. The molecule has 2 unspecified atom stereocenters. The molecule has 490 valence electrons. The van der Waals surface area contributed by atoms with E-state index in [9.17, 15) is 19.0 Å². The van der Waals surface area contributed by atoms with Crippen molar-refractivity contribution >= 4 is 19.8 Å². The van der Waals surface area contributed by atoms with Crippen LogP contribution in [0.4, 0.5) is 0 Å². The lowest BCUT2D eigenvalue weighted by atomic mass is 10.0. The van der Waals surface area contributed by atoms with Gasteiger partial charge in [-0.1, -0.05) is 311 Å². The van der Waals surface area contributed by atoms with Gasteiger partial charge in [-0.3, -0.25) is 14.2 Å². The molecule has 0 aromatic heterocycles. The van der Waals surface area contributed by atoms with Gasteiger partial charge in [-0.25, -0.2) is 0 Å². The number of unbranched alkanes of at least 4 members (excludes halogenated alkanes) is 40. The van der Waals surface area contributed by atoms with Crippen LogP contribution >= 0.6 is 7.82 Å². The highest BCUT2D eigenvalue weighted by Crippen LogP contribution is 2.38. The van der Waals surface area contributed by atoms with Gasteiger partial charge < -0.3 is 27.9 Å². The molecule has 0 saturated heterocycles. The number of phosphoric acid groups is 1. The number of likely N-dealkylation sites (N-methyl/N-ethyl adjacent to an activating group) is 1. The smallest absolute Gasteiger partial charge is 0.306 e. The number of hydrogen-bond donors (Lipinski definition) is 0. The molecule has 0 radical (unpaired) electrons. The molecule has 0 aliphatic heterocycles. The topological polar surface area (TPSA) is 111 Å². The van der Waals surface area contributed by atoms with Crippen molar-refractivity contribution in [3.05, 3.63) is 72.9 Å². The SMILES string of the molecule is CC/C=C\C/C=C\C/C=C\C/C=C\C/C=C\CCCCCCCCCCCCCCCCCCCCCC(=O)OC(COC(=O)CCCCCCCCCCCCCCC/C=C\CCCCCCCCCC)COP(=O)([O-])OCC[N+](C)(C)C. The normalized spacial score (nSPS) is 13.5. The molecular formula is C74H136NO8P. The van der Waals surface area contributed by atoms with Gasteiger partial charge in [0.1, 0.15) is 19.8 Å². The van der Waals surface area contributed by atoms with Crippen LogP contribution in [0.2, 0.25) is 0 Å². The molecule has 0 aliphatic rings. The minimum Gasteiger partial charge on any atom is -0.756 e. The van der Waals surface area contributed by atoms with Crippen LogP contribution in [-0.2, 0) is 32.7 Å². The Balaban J connectivity index is 3.99. The largest absolute Gasteiger partial charge is 0.756 e. The molecule has 0 aromatic carbocycles. The standard InChI is InChI=1S/C74H136NO8P/c1-6-8-10-12-14-16-18-20-22-24-26-28-30-32-33-34-35-36-37-38-39-40-41-43-45-47-49-51-53-55-57-59-61-63-65-67-74(77)83-72(71-82-84(78,79)81-69-68-75(3,4)5)70-80-73(76)66-64-62-60-58-56-54-52-50-48-46-44-42-31-29-27-25-23-21-19-17-15-13-11-9-7-2/h8,10,14,16,20,22,25-28,32-33,72H,6-7,9,11-13,15,17-19,21,23-24,29-31,34-71H2,1-5H3/b10-8-,16-14-,22-20-,27-25-,28-26-,33-32-. The summed E-state index contributed by atoms with van der Waals surface area (Å²) < 4.78 is 34.3. The highest BCUT2D eigenvalue weighted by molar-refractivity contribution is 7.45. The van der Waals surface area contributed by atoms with Crippen LogP contribution in [0, 0.1) is 0 Å². The molecule has 0 heterocycles. The summed E-state index contributed by atoms with van der Waals surface area (Å²) in [6, 6.07) is 0. The summed E-state index contributed by atoms with van der Waals surface area (Å²) in [5.74, 6) is -0.818. The van der Waals surface area contributed by atoms with Crippen molar-refractivity contribution in [3.63, 3.8) is 0 Å². The lowest BCUT2D eigenvalue weighted by molar-refractivity contribution is -0.870. The predicted molar refractivity (Wildman–Crippen MR) is 360 cm³/mol. The lowest BCUT2D eigenvalue weighted by Gasteiger charge is -2.28. The Morgan fingerprint density at radius 1 is 0.381 bits per heavy atom. The van der Waals surface area contributed by atoms with Gasteiger partial charge in [0.05, 0.1) is 27.7 Å². The molecule has 0 saturated carbocycles. The van der Waals surface area contributed by atoms with E-state index >= 15 is 0 Å². The van der Waals surface area contributed by atoms with E-state index in [4.69, 9.17) is 18.5 Å². The Hall–Kier alpha value is -2.55. The number of hydrogen-bond acceptors (Lipinski definition) is 8. The van der Waals surface area contributed by atoms with Gasteiger partial charge in [-0.15, -0.1) is 0 Å². The van der Waals surface area contributed by atoms with Crippen molar-refractivity contribution in [2.45, 2.75) is 341 Å². The van der Waals surface area contributed by atoms with Crippen LogP contribution in [0.1, 0.15) is 335 Å². The Labute approximate surface area is 520 Å². The number of carbonyl (C=O) groups excluding carboxylic acids is 2. The quantitative estimate of drug-likeness (QED) is 0.0195. The van der Waals surface area contributed by atoms with Crippen molar-refractivity contribution in [1.82, 2.24) is 0 Å². The fourth-order valence-electron chi connectivity index (χ4n) is 10.3. The summed E-state index contributed by atoms with van der Waals surface area (Å²) in [6.07, 6.45) is 87.0. The van der Waals surface area contributed by atoms with Gasteiger partial charge in [0.15, 0.2) is 6.10 Å². The first-order valence-corrected chi connectivity index (χ1v) is 37.1. The Kier molecular flexibility index (Phi) is 62.9. The number of rotatable bonds is 66.